The van der Waals surface area contributed by atoms with Crippen LogP contribution in [0.15, 0.2) is 34.2 Å². The first kappa shape index (κ1) is 16.5. The van der Waals surface area contributed by atoms with Crippen LogP contribution in [0.4, 0.5) is 0 Å². The van der Waals surface area contributed by atoms with Crippen LogP contribution in [-0.4, -0.2) is 32.2 Å². The summed E-state index contributed by atoms with van der Waals surface area (Å²) < 4.78 is 26.6. The average Bonchev–Trinajstić information content (AvgIpc) is 2.67. The Labute approximate surface area is 131 Å². The highest BCUT2D eigenvalue weighted by Crippen LogP contribution is 2.23. The molecule has 0 saturated carbocycles. The molecule has 1 heterocycles. The fourth-order valence-corrected chi connectivity index (χ4v) is 3.49. The molecule has 0 radical (unpaired) electrons. The van der Waals surface area contributed by atoms with Crippen molar-refractivity contribution in [3.63, 3.8) is 0 Å². The highest BCUT2D eigenvalue weighted by Gasteiger charge is 2.32. The molecule has 1 aliphatic rings. The summed E-state index contributed by atoms with van der Waals surface area (Å²) in [4.78, 5) is 16.8. The molecule has 6 nitrogen and oxygen atoms in total. The summed E-state index contributed by atoms with van der Waals surface area (Å²) in [6.07, 6.45) is 0. The highest BCUT2D eigenvalue weighted by molar-refractivity contribution is 7.90. The van der Waals surface area contributed by atoms with Crippen molar-refractivity contribution in [3.8, 4) is 0 Å². The molecule has 0 aromatic heterocycles. The SMILES string of the molecule is CC(C)NC(=O)C(N=C1NS(=O)(=O)c2ccccc21)C(C)C. The lowest BCUT2D eigenvalue weighted by Crippen LogP contribution is -2.41. The van der Waals surface area contributed by atoms with Gasteiger partial charge in [-0.25, -0.2) is 8.42 Å². The third-order valence-corrected chi connectivity index (χ3v) is 4.66. The van der Waals surface area contributed by atoms with Crippen molar-refractivity contribution in [2.45, 2.75) is 44.7 Å². The van der Waals surface area contributed by atoms with Gasteiger partial charge in [-0.1, -0.05) is 26.0 Å². The van der Waals surface area contributed by atoms with Crippen LogP contribution in [0.5, 0.6) is 0 Å². The third-order valence-electron chi connectivity index (χ3n) is 3.26. The van der Waals surface area contributed by atoms with E-state index in [1.807, 2.05) is 27.7 Å². The molecular formula is C15H21N3O3S. The summed E-state index contributed by atoms with van der Waals surface area (Å²) in [6.45, 7) is 7.50. The first-order valence-electron chi connectivity index (χ1n) is 7.22. The Hall–Kier alpha value is -1.89. The zero-order valence-electron chi connectivity index (χ0n) is 13.1. The minimum Gasteiger partial charge on any atom is -0.352 e. The van der Waals surface area contributed by atoms with Crippen LogP contribution in [0.3, 0.4) is 0 Å². The number of benzene rings is 1. The van der Waals surface area contributed by atoms with E-state index in [0.717, 1.165) is 0 Å². The smallest absolute Gasteiger partial charge is 0.263 e. The van der Waals surface area contributed by atoms with Gasteiger partial charge >= 0.3 is 0 Å². The van der Waals surface area contributed by atoms with Crippen LogP contribution in [0.1, 0.15) is 33.3 Å². The molecule has 0 aliphatic carbocycles. The Kier molecular flexibility index (Phi) is 4.55. The van der Waals surface area contributed by atoms with Crippen molar-refractivity contribution in [1.29, 1.82) is 0 Å². The number of nitrogens with zero attached hydrogens (tertiary/aromatic N) is 1. The zero-order chi connectivity index (χ0) is 16.5. The zero-order valence-corrected chi connectivity index (χ0v) is 13.9. The standard InChI is InChI=1S/C15H21N3O3S/c1-9(2)13(15(19)16-10(3)4)17-14-11-7-5-6-8-12(11)22(20,21)18-14/h5-10,13H,1-4H3,(H,16,19)(H,17,18). The van der Waals surface area contributed by atoms with E-state index in [2.05, 4.69) is 15.0 Å². The lowest BCUT2D eigenvalue weighted by molar-refractivity contribution is -0.123. The number of amides is 1. The number of amidine groups is 1. The van der Waals surface area contributed by atoms with Crippen LogP contribution in [-0.2, 0) is 14.8 Å². The minimum absolute atomic E-state index is 0.00139. The topological polar surface area (TPSA) is 87.6 Å². The van der Waals surface area contributed by atoms with E-state index in [4.69, 9.17) is 0 Å². The van der Waals surface area contributed by atoms with Gasteiger partial charge in [-0.3, -0.25) is 14.5 Å². The Balaban J connectivity index is 2.41. The van der Waals surface area contributed by atoms with E-state index in [1.165, 1.54) is 6.07 Å². The van der Waals surface area contributed by atoms with Crippen LogP contribution in [0.25, 0.3) is 0 Å². The molecule has 120 valence electrons. The van der Waals surface area contributed by atoms with E-state index < -0.39 is 16.1 Å². The van der Waals surface area contributed by atoms with Gasteiger partial charge in [0, 0.05) is 11.6 Å². The minimum atomic E-state index is -3.59. The van der Waals surface area contributed by atoms with Crippen molar-refractivity contribution in [2.24, 2.45) is 10.9 Å². The second kappa shape index (κ2) is 6.08. The first-order chi connectivity index (χ1) is 10.2. The Morgan fingerprint density at radius 3 is 2.41 bits per heavy atom. The molecule has 0 saturated heterocycles. The number of fused-ring (bicyclic) bond motifs is 1. The summed E-state index contributed by atoms with van der Waals surface area (Å²) in [5, 5.41) is 2.82. The van der Waals surface area contributed by atoms with Gasteiger partial charge in [-0.2, -0.15) is 0 Å². The Bertz CT molecular complexity index is 708. The molecule has 0 fully saturated rings. The van der Waals surface area contributed by atoms with E-state index in [-0.39, 0.29) is 28.6 Å². The predicted molar refractivity (Wildman–Crippen MR) is 85.2 cm³/mol. The van der Waals surface area contributed by atoms with E-state index in [1.54, 1.807) is 18.2 Å². The van der Waals surface area contributed by atoms with Gasteiger partial charge in [0.25, 0.3) is 10.0 Å². The molecule has 1 amide bonds. The van der Waals surface area contributed by atoms with Gasteiger partial charge < -0.3 is 5.32 Å². The van der Waals surface area contributed by atoms with Crippen LogP contribution in [0.2, 0.25) is 0 Å². The molecule has 1 aromatic rings. The fraction of sp³-hybridized carbons (Fsp3) is 0.467. The van der Waals surface area contributed by atoms with E-state index in [0.29, 0.717) is 5.56 Å². The van der Waals surface area contributed by atoms with Gasteiger partial charge in [0.05, 0.1) is 4.90 Å². The molecular weight excluding hydrogens is 302 g/mol. The number of nitrogens with one attached hydrogen (secondary N) is 2. The summed E-state index contributed by atoms with van der Waals surface area (Å²) in [5.74, 6) is -0.0298. The molecule has 1 unspecified atom stereocenters. The molecule has 7 heteroatoms. The van der Waals surface area contributed by atoms with E-state index in [9.17, 15) is 13.2 Å². The number of rotatable bonds is 4. The predicted octanol–water partition coefficient (Wildman–Crippen LogP) is 1.27. The Morgan fingerprint density at radius 1 is 1.18 bits per heavy atom. The molecule has 1 aromatic carbocycles. The highest BCUT2D eigenvalue weighted by atomic mass is 32.2. The van der Waals surface area contributed by atoms with Gasteiger partial charge in [0.15, 0.2) is 0 Å². The second-order valence-corrected chi connectivity index (χ2v) is 7.58. The molecule has 0 spiro atoms. The molecule has 0 bridgehead atoms. The van der Waals surface area contributed by atoms with Crippen LogP contribution in [0, 0.1) is 5.92 Å². The summed E-state index contributed by atoms with van der Waals surface area (Å²) >= 11 is 0. The lowest BCUT2D eigenvalue weighted by atomic mass is 10.0. The second-order valence-electron chi connectivity index (χ2n) is 5.93. The summed E-state index contributed by atoms with van der Waals surface area (Å²) in [6, 6.07) is 5.97. The summed E-state index contributed by atoms with van der Waals surface area (Å²) in [5.41, 5.74) is 0.505. The number of carbonyl (C=O) groups is 1. The lowest BCUT2D eigenvalue weighted by Gasteiger charge is -2.18. The maximum Gasteiger partial charge on any atom is 0.263 e. The monoisotopic (exact) mass is 323 g/mol. The fourth-order valence-electron chi connectivity index (χ4n) is 2.25. The normalized spacial score (nSPS) is 19.1. The number of sulfonamides is 1. The van der Waals surface area contributed by atoms with Gasteiger partial charge in [-0.05, 0) is 31.9 Å². The third kappa shape index (κ3) is 3.30. The number of hydrogen-bond donors (Lipinski definition) is 2. The quantitative estimate of drug-likeness (QED) is 0.875. The first-order valence-corrected chi connectivity index (χ1v) is 8.71. The van der Waals surface area contributed by atoms with Crippen molar-refractivity contribution in [2.75, 3.05) is 0 Å². The molecule has 2 rings (SSSR count). The molecule has 1 aliphatic heterocycles. The van der Waals surface area contributed by atoms with Crippen molar-refractivity contribution >= 4 is 21.8 Å². The maximum absolute atomic E-state index is 12.3. The van der Waals surface area contributed by atoms with Crippen molar-refractivity contribution in [3.05, 3.63) is 29.8 Å². The van der Waals surface area contributed by atoms with Crippen molar-refractivity contribution < 1.29 is 13.2 Å². The average molecular weight is 323 g/mol. The number of hydrogen-bond acceptors (Lipinski definition) is 4. The van der Waals surface area contributed by atoms with Crippen molar-refractivity contribution in [1.82, 2.24) is 10.0 Å². The van der Waals surface area contributed by atoms with Gasteiger partial charge in [-0.15, -0.1) is 0 Å². The maximum atomic E-state index is 12.3. The van der Waals surface area contributed by atoms with E-state index >= 15 is 0 Å². The van der Waals surface area contributed by atoms with Gasteiger partial charge in [0.2, 0.25) is 5.91 Å². The van der Waals surface area contributed by atoms with Crippen LogP contribution < -0.4 is 10.0 Å². The number of carbonyl (C=O) groups excluding carboxylic acids is 1. The molecule has 2 N–H and O–H groups in total. The van der Waals surface area contributed by atoms with Crippen LogP contribution >= 0.6 is 0 Å². The number of aliphatic imine (C=N–C) groups is 1. The molecule has 1 atom stereocenters. The molecule has 22 heavy (non-hydrogen) atoms. The summed E-state index contributed by atoms with van der Waals surface area (Å²) in [7, 11) is -3.59. The van der Waals surface area contributed by atoms with Gasteiger partial charge in [0.1, 0.15) is 11.9 Å². The largest absolute Gasteiger partial charge is 0.352 e. The Morgan fingerprint density at radius 2 is 1.82 bits per heavy atom.